The summed E-state index contributed by atoms with van der Waals surface area (Å²) in [6.07, 6.45) is 7.28. The van der Waals surface area contributed by atoms with Crippen LogP contribution in [0.2, 0.25) is 0 Å². The maximum atomic E-state index is 12.3. The van der Waals surface area contributed by atoms with Crippen molar-refractivity contribution in [2.75, 3.05) is 7.11 Å². The van der Waals surface area contributed by atoms with E-state index in [4.69, 9.17) is 9.47 Å². The summed E-state index contributed by atoms with van der Waals surface area (Å²) in [4.78, 5) is 23.8. The Morgan fingerprint density at radius 3 is 2.54 bits per heavy atom. The third-order valence-electron chi connectivity index (χ3n) is 4.90. The van der Waals surface area contributed by atoms with Crippen LogP contribution < -0.4 is 0 Å². The normalized spacial score (nSPS) is 31.9. The van der Waals surface area contributed by atoms with E-state index in [0.29, 0.717) is 17.6 Å². The Balaban J connectivity index is 2.31. The monoisotopic (exact) mass is 338 g/mol. The second-order valence-corrected chi connectivity index (χ2v) is 6.64. The van der Waals surface area contributed by atoms with Crippen molar-refractivity contribution in [3.05, 3.63) is 23.3 Å². The quantitative estimate of drug-likeness (QED) is 0.543. The second-order valence-electron chi connectivity index (χ2n) is 6.64. The molecule has 0 amide bonds. The Bertz CT molecular complexity index is 574. The third kappa shape index (κ3) is 3.00. The molecule has 0 saturated heterocycles. The highest BCUT2D eigenvalue weighted by Gasteiger charge is 2.64. The Hall–Kier alpha value is -1.66. The molecule has 24 heavy (non-hydrogen) atoms. The van der Waals surface area contributed by atoms with Crippen LogP contribution >= 0.6 is 0 Å². The number of rotatable bonds is 7. The van der Waals surface area contributed by atoms with E-state index in [1.165, 1.54) is 13.0 Å². The topological polar surface area (TPSA) is 93.1 Å². The molecule has 0 radical (unpaired) electrons. The molecule has 0 aromatic rings. The van der Waals surface area contributed by atoms with Crippen molar-refractivity contribution in [2.24, 2.45) is 0 Å². The molecule has 6 nitrogen and oxygen atoms in total. The number of carbonyl (C=O) groups is 2. The summed E-state index contributed by atoms with van der Waals surface area (Å²) >= 11 is 0. The molecule has 0 fully saturated rings. The number of hydrogen-bond acceptors (Lipinski definition) is 6. The summed E-state index contributed by atoms with van der Waals surface area (Å²) in [5.41, 5.74) is -3.40. The molecule has 1 heterocycles. The molecule has 0 saturated carbocycles. The molecule has 3 atom stereocenters. The van der Waals surface area contributed by atoms with E-state index >= 15 is 0 Å². The molecule has 0 spiro atoms. The van der Waals surface area contributed by atoms with Gasteiger partial charge in [0.15, 0.2) is 6.10 Å². The fourth-order valence-electron chi connectivity index (χ4n) is 3.46. The van der Waals surface area contributed by atoms with E-state index in [2.05, 4.69) is 6.92 Å². The lowest BCUT2D eigenvalue weighted by Crippen LogP contribution is -2.67. The Kier molecular flexibility index (Phi) is 5.50. The first-order valence-electron chi connectivity index (χ1n) is 8.45. The van der Waals surface area contributed by atoms with Gasteiger partial charge >= 0.3 is 11.9 Å². The van der Waals surface area contributed by atoms with Crippen molar-refractivity contribution in [1.82, 2.24) is 0 Å². The van der Waals surface area contributed by atoms with Crippen molar-refractivity contribution < 1.29 is 29.3 Å². The molecular weight excluding hydrogens is 312 g/mol. The molecule has 0 aromatic carbocycles. The smallest absolute Gasteiger partial charge is 0.345 e. The number of hydrogen-bond donors (Lipinski definition) is 2. The SMILES string of the molecule is CCCCCCCC1=CC2=CC(=O)O[C@H]2[C@](C)(O)[C@]1(O)C(=O)OC. The maximum Gasteiger partial charge on any atom is 0.345 e. The highest BCUT2D eigenvalue weighted by molar-refractivity contribution is 5.91. The van der Waals surface area contributed by atoms with Crippen LogP contribution in [0.15, 0.2) is 23.3 Å². The van der Waals surface area contributed by atoms with Crippen LogP contribution in [-0.2, 0) is 19.1 Å². The van der Waals surface area contributed by atoms with Gasteiger partial charge in [-0.3, -0.25) is 0 Å². The Labute approximate surface area is 142 Å². The number of fused-ring (bicyclic) bond motifs is 1. The predicted molar refractivity (Wildman–Crippen MR) is 87.0 cm³/mol. The van der Waals surface area contributed by atoms with E-state index in [1.807, 2.05) is 0 Å². The zero-order chi connectivity index (χ0) is 18.0. The summed E-state index contributed by atoms with van der Waals surface area (Å²) in [5.74, 6) is -1.54. The van der Waals surface area contributed by atoms with Gasteiger partial charge in [0.25, 0.3) is 0 Å². The fraction of sp³-hybridized carbons (Fsp3) is 0.667. The summed E-state index contributed by atoms with van der Waals surface area (Å²) in [6.45, 7) is 3.42. The van der Waals surface area contributed by atoms with Crippen LogP contribution in [0.4, 0.5) is 0 Å². The number of esters is 2. The molecule has 0 bridgehead atoms. The molecule has 134 valence electrons. The maximum absolute atomic E-state index is 12.3. The molecule has 2 aliphatic rings. The Morgan fingerprint density at radius 1 is 1.25 bits per heavy atom. The fourth-order valence-corrected chi connectivity index (χ4v) is 3.46. The highest BCUT2D eigenvalue weighted by Crippen LogP contribution is 2.46. The predicted octanol–water partition coefficient (Wildman–Crippen LogP) is 1.79. The van der Waals surface area contributed by atoms with Crippen molar-refractivity contribution in [3.63, 3.8) is 0 Å². The minimum atomic E-state index is -2.24. The second kappa shape index (κ2) is 7.07. The van der Waals surface area contributed by atoms with Gasteiger partial charge in [0, 0.05) is 11.6 Å². The van der Waals surface area contributed by atoms with Crippen molar-refractivity contribution in [1.29, 1.82) is 0 Å². The van der Waals surface area contributed by atoms with Crippen molar-refractivity contribution >= 4 is 11.9 Å². The van der Waals surface area contributed by atoms with E-state index in [0.717, 1.165) is 39.2 Å². The first kappa shape index (κ1) is 18.7. The summed E-state index contributed by atoms with van der Waals surface area (Å²) in [6, 6.07) is 0. The number of ether oxygens (including phenoxy) is 2. The van der Waals surface area contributed by atoms with E-state index in [9.17, 15) is 19.8 Å². The van der Waals surface area contributed by atoms with Crippen LogP contribution in [0.25, 0.3) is 0 Å². The minimum Gasteiger partial charge on any atom is -0.467 e. The van der Waals surface area contributed by atoms with Crippen molar-refractivity contribution in [3.8, 4) is 0 Å². The average Bonchev–Trinajstić information content (AvgIpc) is 2.92. The standard InChI is InChI=1S/C18H26O6/c1-4-5-6-7-8-9-13-10-12-11-14(19)24-15(12)17(2,21)18(13,22)16(20)23-3/h10-11,15,21-22H,4-9H2,1-3H3/t15-,17+,18-/m1/s1. The van der Waals surface area contributed by atoms with Gasteiger partial charge in [0.05, 0.1) is 7.11 Å². The molecule has 1 aliphatic carbocycles. The van der Waals surface area contributed by atoms with Gasteiger partial charge < -0.3 is 19.7 Å². The first-order valence-corrected chi connectivity index (χ1v) is 8.45. The molecule has 0 unspecified atom stereocenters. The molecule has 6 heteroatoms. The lowest BCUT2D eigenvalue weighted by molar-refractivity contribution is -0.205. The van der Waals surface area contributed by atoms with E-state index in [1.54, 1.807) is 6.08 Å². The van der Waals surface area contributed by atoms with Crippen molar-refractivity contribution in [2.45, 2.75) is 69.7 Å². The molecule has 2 rings (SSSR count). The van der Waals surface area contributed by atoms with Gasteiger partial charge in [-0.05, 0) is 25.3 Å². The van der Waals surface area contributed by atoms with Gasteiger partial charge in [-0.15, -0.1) is 0 Å². The van der Waals surface area contributed by atoms with Crippen LogP contribution in [0.3, 0.4) is 0 Å². The summed E-state index contributed by atoms with van der Waals surface area (Å²) in [7, 11) is 1.15. The average molecular weight is 338 g/mol. The van der Waals surface area contributed by atoms with Crippen LogP contribution in [0, 0.1) is 0 Å². The van der Waals surface area contributed by atoms with Gasteiger partial charge in [0.1, 0.15) is 5.60 Å². The van der Waals surface area contributed by atoms with Gasteiger partial charge in [-0.1, -0.05) is 38.7 Å². The van der Waals surface area contributed by atoms with E-state index < -0.39 is 29.2 Å². The lowest BCUT2D eigenvalue weighted by atomic mass is 9.67. The van der Waals surface area contributed by atoms with Crippen LogP contribution in [0.5, 0.6) is 0 Å². The zero-order valence-corrected chi connectivity index (χ0v) is 14.5. The Morgan fingerprint density at radius 2 is 1.92 bits per heavy atom. The van der Waals surface area contributed by atoms with Crippen LogP contribution in [0.1, 0.15) is 52.4 Å². The molecular formula is C18H26O6. The first-order chi connectivity index (χ1) is 11.3. The molecule has 2 N–H and O–H groups in total. The van der Waals surface area contributed by atoms with Gasteiger partial charge in [-0.25, -0.2) is 9.59 Å². The summed E-state index contributed by atoms with van der Waals surface area (Å²) < 4.78 is 9.81. The zero-order valence-electron chi connectivity index (χ0n) is 14.5. The van der Waals surface area contributed by atoms with Gasteiger partial charge in [-0.2, -0.15) is 0 Å². The van der Waals surface area contributed by atoms with Gasteiger partial charge in [0.2, 0.25) is 5.60 Å². The summed E-state index contributed by atoms with van der Waals surface area (Å²) in [5, 5.41) is 21.9. The molecule has 1 aliphatic heterocycles. The third-order valence-corrected chi connectivity index (χ3v) is 4.90. The number of carbonyl (C=O) groups excluding carboxylic acids is 2. The molecule has 0 aromatic heterocycles. The lowest BCUT2D eigenvalue weighted by Gasteiger charge is -2.46. The largest absolute Gasteiger partial charge is 0.467 e. The number of aliphatic hydroxyl groups is 2. The van der Waals surface area contributed by atoms with E-state index in [-0.39, 0.29) is 0 Å². The number of methoxy groups -OCH3 is 1. The number of unbranched alkanes of at least 4 members (excludes halogenated alkanes) is 4. The minimum absolute atomic E-state index is 0.358. The van der Waals surface area contributed by atoms with Crippen LogP contribution in [-0.4, -0.2) is 46.6 Å². The highest BCUT2D eigenvalue weighted by atomic mass is 16.6.